The second kappa shape index (κ2) is 12.6. The molecule has 1 aromatic rings. The van der Waals surface area contributed by atoms with Gasteiger partial charge in [0.2, 0.25) is 5.88 Å². The Kier molecular flexibility index (Phi) is 9.53. The Labute approximate surface area is 174 Å². The lowest BCUT2D eigenvalue weighted by Crippen LogP contribution is -2.37. The van der Waals surface area contributed by atoms with Crippen LogP contribution in [0.2, 0.25) is 0 Å². The van der Waals surface area contributed by atoms with Crippen molar-refractivity contribution in [2.45, 2.75) is 57.6 Å². The summed E-state index contributed by atoms with van der Waals surface area (Å²) in [5, 5.41) is 6.65. The van der Waals surface area contributed by atoms with Crippen LogP contribution in [0.4, 0.5) is 0 Å². The highest BCUT2D eigenvalue weighted by molar-refractivity contribution is 5.79. The van der Waals surface area contributed by atoms with E-state index in [1.54, 1.807) is 7.05 Å². The van der Waals surface area contributed by atoms with Crippen LogP contribution < -0.4 is 15.4 Å². The molecule has 162 valence electrons. The predicted molar refractivity (Wildman–Crippen MR) is 114 cm³/mol. The molecule has 1 aromatic heterocycles. The largest absolute Gasteiger partial charge is 0.474 e. The third-order valence-corrected chi connectivity index (χ3v) is 5.46. The molecule has 0 spiro atoms. The molecule has 1 saturated carbocycles. The second-order valence-electron chi connectivity index (χ2n) is 7.89. The first-order valence-corrected chi connectivity index (χ1v) is 11.0. The zero-order valence-electron chi connectivity index (χ0n) is 17.7. The van der Waals surface area contributed by atoms with Crippen molar-refractivity contribution >= 4 is 5.96 Å². The third-order valence-electron chi connectivity index (χ3n) is 5.46. The van der Waals surface area contributed by atoms with Gasteiger partial charge >= 0.3 is 0 Å². The number of aromatic nitrogens is 1. The summed E-state index contributed by atoms with van der Waals surface area (Å²) >= 11 is 0. The summed E-state index contributed by atoms with van der Waals surface area (Å²) in [6.07, 6.45) is 10.4. The lowest BCUT2D eigenvalue weighted by molar-refractivity contribution is 0.0888. The Morgan fingerprint density at radius 1 is 1.21 bits per heavy atom. The van der Waals surface area contributed by atoms with Crippen molar-refractivity contribution in [3.05, 3.63) is 23.9 Å². The standard InChI is InChI=1S/C22H36N4O3/c1-23-22(24-11-5-12-27-16-19-10-13-28-17-19)26-15-18-8-9-21(25-14-18)29-20-6-3-2-4-7-20/h8-9,14,19-20H,2-7,10-13,15-17H2,1H3,(H2,23,24,26). The van der Waals surface area contributed by atoms with Gasteiger partial charge in [0.1, 0.15) is 6.10 Å². The Morgan fingerprint density at radius 2 is 2.10 bits per heavy atom. The van der Waals surface area contributed by atoms with Gasteiger partial charge in [-0.3, -0.25) is 4.99 Å². The van der Waals surface area contributed by atoms with E-state index < -0.39 is 0 Å². The van der Waals surface area contributed by atoms with Crippen molar-refractivity contribution in [1.29, 1.82) is 0 Å². The lowest BCUT2D eigenvalue weighted by atomic mass is 9.98. The summed E-state index contributed by atoms with van der Waals surface area (Å²) in [7, 11) is 1.78. The molecule has 2 heterocycles. The van der Waals surface area contributed by atoms with Crippen LogP contribution in [0, 0.1) is 5.92 Å². The Hall–Kier alpha value is -1.86. The first-order chi connectivity index (χ1) is 14.3. The number of guanidine groups is 1. The van der Waals surface area contributed by atoms with Crippen molar-refractivity contribution in [1.82, 2.24) is 15.6 Å². The average molecular weight is 405 g/mol. The van der Waals surface area contributed by atoms with E-state index in [4.69, 9.17) is 14.2 Å². The fourth-order valence-corrected chi connectivity index (χ4v) is 3.69. The molecule has 7 heteroatoms. The maximum atomic E-state index is 5.99. The van der Waals surface area contributed by atoms with E-state index in [9.17, 15) is 0 Å². The molecule has 2 aliphatic rings. The third kappa shape index (κ3) is 8.19. The summed E-state index contributed by atoms with van der Waals surface area (Å²) < 4.78 is 17.1. The van der Waals surface area contributed by atoms with Crippen LogP contribution in [-0.2, 0) is 16.0 Å². The molecule has 3 rings (SSSR count). The molecule has 0 radical (unpaired) electrons. The van der Waals surface area contributed by atoms with Crippen LogP contribution >= 0.6 is 0 Å². The molecule has 0 bridgehead atoms. The van der Waals surface area contributed by atoms with E-state index in [0.717, 1.165) is 76.1 Å². The van der Waals surface area contributed by atoms with Crippen LogP contribution in [0.3, 0.4) is 0 Å². The Bertz CT molecular complexity index is 597. The first kappa shape index (κ1) is 21.8. The molecule has 0 aromatic carbocycles. The smallest absolute Gasteiger partial charge is 0.213 e. The molecular weight excluding hydrogens is 368 g/mol. The predicted octanol–water partition coefficient (Wildman–Crippen LogP) is 2.90. The quantitative estimate of drug-likeness (QED) is 0.355. The number of pyridine rings is 1. The van der Waals surface area contributed by atoms with Gasteiger partial charge in [0.25, 0.3) is 0 Å². The van der Waals surface area contributed by atoms with E-state index in [-0.39, 0.29) is 0 Å². The molecule has 1 aliphatic carbocycles. The molecule has 1 atom stereocenters. The topological polar surface area (TPSA) is 77.0 Å². The first-order valence-electron chi connectivity index (χ1n) is 11.0. The molecule has 0 amide bonds. The van der Waals surface area contributed by atoms with Gasteiger partial charge in [-0.1, -0.05) is 12.5 Å². The minimum atomic E-state index is 0.332. The maximum Gasteiger partial charge on any atom is 0.213 e. The van der Waals surface area contributed by atoms with Crippen molar-refractivity contribution in [3.63, 3.8) is 0 Å². The van der Waals surface area contributed by atoms with E-state index >= 15 is 0 Å². The van der Waals surface area contributed by atoms with Crippen molar-refractivity contribution < 1.29 is 14.2 Å². The lowest BCUT2D eigenvalue weighted by Gasteiger charge is -2.22. The van der Waals surface area contributed by atoms with Crippen molar-refractivity contribution in [2.24, 2.45) is 10.9 Å². The molecule has 29 heavy (non-hydrogen) atoms. The number of hydrogen-bond donors (Lipinski definition) is 2. The summed E-state index contributed by atoms with van der Waals surface area (Å²) in [6.45, 7) is 4.79. The van der Waals surface area contributed by atoms with Crippen LogP contribution in [0.5, 0.6) is 5.88 Å². The average Bonchev–Trinajstić information content (AvgIpc) is 3.28. The van der Waals surface area contributed by atoms with Crippen molar-refractivity contribution in [3.8, 4) is 5.88 Å². The Morgan fingerprint density at radius 3 is 2.83 bits per heavy atom. The fraction of sp³-hybridized carbons (Fsp3) is 0.727. The maximum absolute atomic E-state index is 5.99. The van der Waals surface area contributed by atoms with Gasteiger partial charge in [-0.25, -0.2) is 4.98 Å². The van der Waals surface area contributed by atoms with Gasteiger partial charge in [0, 0.05) is 51.5 Å². The molecule has 7 nitrogen and oxygen atoms in total. The highest BCUT2D eigenvalue weighted by atomic mass is 16.5. The highest BCUT2D eigenvalue weighted by Gasteiger charge is 2.16. The van der Waals surface area contributed by atoms with Crippen molar-refractivity contribution in [2.75, 3.05) is 40.0 Å². The number of nitrogens with zero attached hydrogens (tertiary/aromatic N) is 2. The van der Waals surface area contributed by atoms with E-state index in [1.807, 2.05) is 12.3 Å². The second-order valence-corrected chi connectivity index (χ2v) is 7.89. The number of hydrogen-bond acceptors (Lipinski definition) is 5. The fourth-order valence-electron chi connectivity index (χ4n) is 3.69. The van der Waals surface area contributed by atoms with Gasteiger partial charge in [0.05, 0.1) is 13.2 Å². The molecule has 1 unspecified atom stereocenters. The molecule has 1 aliphatic heterocycles. The number of rotatable bonds is 10. The number of ether oxygens (including phenoxy) is 3. The van der Waals surface area contributed by atoms with Gasteiger partial charge < -0.3 is 24.8 Å². The van der Waals surface area contributed by atoms with Gasteiger partial charge in [-0.2, -0.15) is 0 Å². The molecule has 1 saturated heterocycles. The van der Waals surface area contributed by atoms with Crippen LogP contribution in [0.25, 0.3) is 0 Å². The minimum Gasteiger partial charge on any atom is -0.474 e. The van der Waals surface area contributed by atoms with E-state index in [0.29, 0.717) is 18.6 Å². The zero-order chi connectivity index (χ0) is 20.2. The molecular formula is C22H36N4O3. The van der Waals surface area contributed by atoms with Gasteiger partial charge in [0.15, 0.2) is 5.96 Å². The SMILES string of the molecule is CN=C(NCCCOCC1CCOC1)NCc1ccc(OC2CCCCC2)nc1. The molecule has 2 fully saturated rings. The number of nitrogens with one attached hydrogen (secondary N) is 2. The van der Waals surface area contributed by atoms with Crippen LogP contribution in [-0.4, -0.2) is 57.1 Å². The summed E-state index contributed by atoms with van der Waals surface area (Å²) in [5.41, 5.74) is 1.10. The van der Waals surface area contributed by atoms with Crippen LogP contribution in [0.1, 0.15) is 50.5 Å². The normalized spacial score (nSPS) is 20.6. The summed E-state index contributed by atoms with van der Waals surface area (Å²) in [4.78, 5) is 8.73. The summed E-state index contributed by atoms with van der Waals surface area (Å²) in [5.74, 6) is 2.09. The summed E-state index contributed by atoms with van der Waals surface area (Å²) in [6, 6.07) is 4.03. The molecule has 2 N–H and O–H groups in total. The van der Waals surface area contributed by atoms with E-state index in [1.165, 1.54) is 19.3 Å². The zero-order valence-corrected chi connectivity index (χ0v) is 17.7. The minimum absolute atomic E-state index is 0.332. The Balaban J connectivity index is 1.27. The highest BCUT2D eigenvalue weighted by Crippen LogP contribution is 2.22. The van der Waals surface area contributed by atoms with E-state index in [2.05, 4.69) is 26.7 Å². The number of aliphatic imine (C=N–C) groups is 1. The van der Waals surface area contributed by atoms with Gasteiger partial charge in [-0.05, 0) is 44.1 Å². The van der Waals surface area contributed by atoms with Gasteiger partial charge in [-0.15, -0.1) is 0 Å². The van der Waals surface area contributed by atoms with Crippen LogP contribution in [0.15, 0.2) is 23.3 Å². The monoisotopic (exact) mass is 404 g/mol.